The van der Waals surface area contributed by atoms with Gasteiger partial charge in [0.15, 0.2) is 0 Å². The Bertz CT molecular complexity index is 443. The van der Waals surface area contributed by atoms with Crippen molar-refractivity contribution in [3.8, 4) is 0 Å². The van der Waals surface area contributed by atoms with Gasteiger partial charge in [-0.2, -0.15) is 0 Å². The molecule has 0 aliphatic heterocycles. The predicted octanol–water partition coefficient (Wildman–Crippen LogP) is 3.37. The van der Waals surface area contributed by atoms with E-state index in [-0.39, 0.29) is 0 Å². The van der Waals surface area contributed by atoms with Crippen molar-refractivity contribution < 1.29 is 0 Å². The summed E-state index contributed by atoms with van der Waals surface area (Å²) < 4.78 is 0. The number of hydrogen-bond acceptors (Lipinski definition) is 0. The molecule has 0 radical (unpaired) electrons. The Morgan fingerprint density at radius 1 is 0.786 bits per heavy atom. The third kappa shape index (κ3) is 1.07. The molecule has 1 aliphatic carbocycles. The molecule has 3 rings (SSSR count). The first-order valence-electron chi connectivity index (χ1n) is 5.08. The van der Waals surface area contributed by atoms with Gasteiger partial charge in [-0.15, -0.1) is 0 Å². The van der Waals surface area contributed by atoms with Crippen LogP contribution in [0, 0.1) is 0 Å². The fourth-order valence-electron chi connectivity index (χ4n) is 2.24. The van der Waals surface area contributed by atoms with Gasteiger partial charge in [0.2, 0.25) is 0 Å². The monoisotopic (exact) mass is 180 g/mol. The molecular weight excluding hydrogens is 168 g/mol. The van der Waals surface area contributed by atoms with Crippen LogP contribution < -0.4 is 0 Å². The van der Waals surface area contributed by atoms with Crippen molar-refractivity contribution in [3.63, 3.8) is 0 Å². The van der Waals surface area contributed by atoms with Gasteiger partial charge in [0.05, 0.1) is 0 Å². The minimum Gasteiger partial charge on any atom is -0.0622 e. The molecular formula is C14H12. The molecule has 68 valence electrons. The largest absolute Gasteiger partial charge is 0.0622 e. The van der Waals surface area contributed by atoms with Gasteiger partial charge in [0, 0.05) is 5.92 Å². The van der Waals surface area contributed by atoms with Crippen molar-refractivity contribution in [1.82, 2.24) is 0 Å². The van der Waals surface area contributed by atoms with Gasteiger partial charge in [-0.3, -0.25) is 0 Å². The van der Waals surface area contributed by atoms with E-state index in [0.29, 0.717) is 5.92 Å². The van der Waals surface area contributed by atoms with E-state index in [1.54, 1.807) is 0 Å². The van der Waals surface area contributed by atoms with Crippen LogP contribution >= 0.6 is 0 Å². The fraction of sp³-hybridized carbons (Fsp3) is 0.143. The first kappa shape index (κ1) is 7.81. The van der Waals surface area contributed by atoms with Gasteiger partial charge in [-0.25, -0.2) is 0 Å². The maximum atomic E-state index is 2.25. The van der Waals surface area contributed by atoms with E-state index in [4.69, 9.17) is 0 Å². The maximum Gasteiger partial charge on any atom is 0.0133 e. The van der Waals surface area contributed by atoms with E-state index in [0.717, 1.165) is 0 Å². The predicted molar refractivity (Wildman–Crippen MR) is 58.4 cm³/mol. The smallest absolute Gasteiger partial charge is 0.0133 e. The van der Waals surface area contributed by atoms with Crippen molar-refractivity contribution in [2.24, 2.45) is 0 Å². The number of rotatable bonds is 1. The Morgan fingerprint density at radius 3 is 2.29 bits per heavy atom. The van der Waals surface area contributed by atoms with Crippen LogP contribution in [0.4, 0.5) is 0 Å². The Kier molecular flexibility index (Phi) is 1.66. The van der Waals surface area contributed by atoms with Gasteiger partial charge >= 0.3 is 0 Å². The second kappa shape index (κ2) is 2.98. The molecule has 0 saturated carbocycles. The molecule has 1 atom stereocenters. The summed E-state index contributed by atoms with van der Waals surface area (Å²) in [5.41, 5.74) is 4.48. The molecule has 14 heavy (non-hydrogen) atoms. The van der Waals surface area contributed by atoms with Gasteiger partial charge in [0.25, 0.3) is 0 Å². The van der Waals surface area contributed by atoms with Crippen molar-refractivity contribution in [2.75, 3.05) is 0 Å². The lowest BCUT2D eigenvalue weighted by atomic mass is 9.74. The van der Waals surface area contributed by atoms with Crippen LogP contribution in [-0.4, -0.2) is 0 Å². The van der Waals surface area contributed by atoms with E-state index < -0.39 is 0 Å². The zero-order valence-electron chi connectivity index (χ0n) is 7.98. The molecule has 2 aromatic rings. The van der Waals surface area contributed by atoms with Gasteiger partial charge in [-0.1, -0.05) is 54.6 Å². The fourth-order valence-corrected chi connectivity index (χ4v) is 2.24. The number of benzene rings is 2. The van der Waals surface area contributed by atoms with E-state index in [2.05, 4.69) is 54.6 Å². The van der Waals surface area contributed by atoms with Crippen LogP contribution in [-0.2, 0) is 6.42 Å². The topological polar surface area (TPSA) is 0 Å². The van der Waals surface area contributed by atoms with Crippen LogP contribution in [0.3, 0.4) is 0 Å². The van der Waals surface area contributed by atoms with Crippen LogP contribution in [0.5, 0.6) is 0 Å². The highest BCUT2D eigenvalue weighted by molar-refractivity contribution is 5.46. The average Bonchev–Trinajstić information content (AvgIpc) is 2.22. The Hall–Kier alpha value is -1.56. The lowest BCUT2D eigenvalue weighted by Crippen LogP contribution is -2.17. The molecule has 1 unspecified atom stereocenters. The Morgan fingerprint density at radius 2 is 1.50 bits per heavy atom. The summed E-state index contributed by atoms with van der Waals surface area (Å²) in [7, 11) is 0. The quantitative estimate of drug-likeness (QED) is 0.631. The summed E-state index contributed by atoms with van der Waals surface area (Å²) in [6.45, 7) is 0. The molecule has 0 nitrogen and oxygen atoms in total. The van der Waals surface area contributed by atoms with Crippen LogP contribution in [0.25, 0.3) is 0 Å². The zero-order chi connectivity index (χ0) is 9.38. The summed E-state index contributed by atoms with van der Waals surface area (Å²) in [4.78, 5) is 0. The summed E-state index contributed by atoms with van der Waals surface area (Å²) in [6, 6.07) is 19.5. The second-order valence-corrected chi connectivity index (χ2v) is 3.87. The molecule has 0 fully saturated rings. The Balaban J connectivity index is 2.00. The van der Waals surface area contributed by atoms with Crippen molar-refractivity contribution in [2.45, 2.75) is 12.3 Å². The Labute approximate surface area is 84.2 Å². The van der Waals surface area contributed by atoms with Gasteiger partial charge in [-0.05, 0) is 23.1 Å². The highest BCUT2D eigenvalue weighted by Crippen LogP contribution is 2.39. The van der Waals surface area contributed by atoms with E-state index in [1.807, 2.05) is 0 Å². The zero-order valence-corrected chi connectivity index (χ0v) is 7.98. The lowest BCUT2D eigenvalue weighted by Gasteiger charge is -2.30. The van der Waals surface area contributed by atoms with E-state index in [9.17, 15) is 0 Å². The van der Waals surface area contributed by atoms with Crippen molar-refractivity contribution in [3.05, 3.63) is 71.3 Å². The normalized spacial score (nSPS) is 18.4. The molecule has 0 aromatic heterocycles. The molecule has 0 saturated heterocycles. The first-order valence-corrected chi connectivity index (χ1v) is 5.08. The molecule has 1 aliphatic rings. The van der Waals surface area contributed by atoms with Crippen LogP contribution in [0.2, 0.25) is 0 Å². The SMILES string of the molecule is c1ccc(C2Cc3ccccc32)cc1. The van der Waals surface area contributed by atoms with E-state index in [1.165, 1.54) is 23.1 Å². The van der Waals surface area contributed by atoms with Gasteiger partial charge in [0.1, 0.15) is 0 Å². The molecule has 0 N–H and O–H groups in total. The molecule has 0 bridgehead atoms. The van der Waals surface area contributed by atoms with Crippen molar-refractivity contribution >= 4 is 0 Å². The minimum atomic E-state index is 0.646. The second-order valence-electron chi connectivity index (χ2n) is 3.87. The number of fused-ring (bicyclic) bond motifs is 1. The van der Waals surface area contributed by atoms with Gasteiger partial charge < -0.3 is 0 Å². The van der Waals surface area contributed by atoms with E-state index >= 15 is 0 Å². The molecule has 0 heteroatoms. The van der Waals surface area contributed by atoms with Crippen LogP contribution in [0.1, 0.15) is 22.6 Å². The molecule has 0 spiro atoms. The summed E-state index contributed by atoms with van der Waals surface area (Å²) >= 11 is 0. The summed E-state index contributed by atoms with van der Waals surface area (Å²) in [5, 5.41) is 0. The molecule has 2 aromatic carbocycles. The third-order valence-electron chi connectivity index (χ3n) is 3.06. The highest BCUT2D eigenvalue weighted by atomic mass is 14.3. The lowest BCUT2D eigenvalue weighted by molar-refractivity contribution is 0.708. The first-order chi connectivity index (χ1) is 6.95. The van der Waals surface area contributed by atoms with Crippen LogP contribution in [0.15, 0.2) is 54.6 Å². The number of hydrogen-bond donors (Lipinski definition) is 0. The standard InChI is InChI=1S/C14H12/c1-2-6-11(7-3-1)14-10-12-8-4-5-9-13(12)14/h1-9,14H,10H2. The maximum absolute atomic E-state index is 2.25. The molecule has 0 heterocycles. The minimum absolute atomic E-state index is 0.646. The third-order valence-corrected chi connectivity index (χ3v) is 3.06. The molecule has 0 amide bonds. The average molecular weight is 180 g/mol. The summed E-state index contributed by atoms with van der Waals surface area (Å²) in [6.07, 6.45) is 1.21. The highest BCUT2D eigenvalue weighted by Gasteiger charge is 2.26. The van der Waals surface area contributed by atoms with Crippen molar-refractivity contribution in [1.29, 1.82) is 0 Å². The summed E-state index contributed by atoms with van der Waals surface area (Å²) in [5.74, 6) is 0.646.